The minimum absolute atomic E-state index is 0.133. The van der Waals surface area contributed by atoms with Gasteiger partial charge in [0.2, 0.25) is 5.91 Å². The largest absolute Gasteiger partial charge is 0.355 e. The quantitative estimate of drug-likeness (QED) is 0.687. The number of hydrogen-bond acceptors (Lipinski definition) is 2. The normalized spacial score (nSPS) is 16.6. The average Bonchev–Trinajstić information content (AvgIpc) is 2.24. The van der Waals surface area contributed by atoms with Gasteiger partial charge in [-0.1, -0.05) is 27.7 Å². The fourth-order valence-electron chi connectivity index (χ4n) is 2.11. The molecule has 2 unspecified atom stereocenters. The third-order valence-electron chi connectivity index (χ3n) is 3.03. The van der Waals surface area contributed by atoms with Crippen molar-refractivity contribution in [3.05, 3.63) is 0 Å². The zero-order valence-corrected chi connectivity index (χ0v) is 12.4. The van der Waals surface area contributed by atoms with Crippen molar-refractivity contribution in [3.63, 3.8) is 0 Å². The molecule has 0 aliphatic carbocycles. The Kier molecular flexibility index (Phi) is 7.44. The van der Waals surface area contributed by atoms with Crippen LogP contribution in [0.2, 0.25) is 0 Å². The molecule has 17 heavy (non-hydrogen) atoms. The van der Waals surface area contributed by atoms with E-state index in [1.807, 2.05) is 6.92 Å². The van der Waals surface area contributed by atoms with Gasteiger partial charge in [-0.05, 0) is 39.0 Å². The second kappa shape index (κ2) is 7.70. The van der Waals surface area contributed by atoms with Crippen LogP contribution in [-0.4, -0.2) is 24.0 Å². The van der Waals surface area contributed by atoms with Gasteiger partial charge in [0.15, 0.2) is 0 Å². The van der Waals surface area contributed by atoms with Gasteiger partial charge in [-0.2, -0.15) is 0 Å². The Hall–Kier alpha value is -0.570. The van der Waals surface area contributed by atoms with Gasteiger partial charge >= 0.3 is 0 Å². The van der Waals surface area contributed by atoms with Crippen LogP contribution >= 0.6 is 0 Å². The molecule has 0 fully saturated rings. The maximum atomic E-state index is 12.2. The van der Waals surface area contributed by atoms with E-state index in [-0.39, 0.29) is 5.91 Å². The lowest BCUT2D eigenvalue weighted by atomic mass is 9.88. The Morgan fingerprint density at radius 2 is 1.82 bits per heavy atom. The Morgan fingerprint density at radius 1 is 1.24 bits per heavy atom. The highest BCUT2D eigenvalue weighted by molar-refractivity contribution is 5.85. The predicted octanol–water partition coefficient (Wildman–Crippen LogP) is 2.71. The Bertz CT molecular complexity index is 228. The van der Waals surface area contributed by atoms with Gasteiger partial charge in [0.05, 0.1) is 5.54 Å². The highest BCUT2D eigenvalue weighted by Crippen LogP contribution is 2.18. The summed E-state index contributed by atoms with van der Waals surface area (Å²) in [5.41, 5.74) is -0.446. The van der Waals surface area contributed by atoms with E-state index in [1.165, 1.54) is 0 Å². The molecule has 0 bridgehead atoms. The summed E-state index contributed by atoms with van der Waals surface area (Å²) in [6, 6.07) is 0.367. The summed E-state index contributed by atoms with van der Waals surface area (Å²) in [5.74, 6) is 0.636. The molecule has 3 heteroatoms. The first-order valence-electron chi connectivity index (χ1n) is 6.91. The highest BCUT2D eigenvalue weighted by Gasteiger charge is 2.34. The molecule has 2 atom stereocenters. The first-order chi connectivity index (χ1) is 7.85. The van der Waals surface area contributed by atoms with Crippen LogP contribution in [0.3, 0.4) is 0 Å². The van der Waals surface area contributed by atoms with Crippen LogP contribution in [0.25, 0.3) is 0 Å². The monoisotopic (exact) mass is 242 g/mol. The summed E-state index contributed by atoms with van der Waals surface area (Å²) >= 11 is 0. The molecular weight excluding hydrogens is 212 g/mol. The van der Waals surface area contributed by atoms with Gasteiger partial charge in [0.25, 0.3) is 0 Å². The van der Waals surface area contributed by atoms with Gasteiger partial charge < -0.3 is 10.6 Å². The maximum absolute atomic E-state index is 12.2. The number of nitrogens with one attached hydrogen (secondary N) is 2. The minimum atomic E-state index is -0.446. The molecule has 0 spiro atoms. The van der Waals surface area contributed by atoms with Gasteiger partial charge in [-0.15, -0.1) is 0 Å². The fraction of sp³-hybridized carbons (Fsp3) is 0.929. The van der Waals surface area contributed by atoms with Crippen molar-refractivity contribution >= 4 is 5.91 Å². The SMILES string of the molecule is CCCNC(=O)C(C)(CC(C)C)NC(C)CC. The zero-order valence-electron chi connectivity index (χ0n) is 12.4. The van der Waals surface area contributed by atoms with Gasteiger partial charge in [0.1, 0.15) is 0 Å². The molecule has 2 N–H and O–H groups in total. The van der Waals surface area contributed by atoms with Crippen molar-refractivity contribution in [3.8, 4) is 0 Å². The summed E-state index contributed by atoms with van der Waals surface area (Å²) < 4.78 is 0. The van der Waals surface area contributed by atoms with Crippen LogP contribution in [-0.2, 0) is 4.79 Å². The molecule has 0 radical (unpaired) electrons. The molecule has 0 aliphatic rings. The van der Waals surface area contributed by atoms with Crippen molar-refractivity contribution in [1.29, 1.82) is 0 Å². The maximum Gasteiger partial charge on any atom is 0.240 e. The van der Waals surface area contributed by atoms with E-state index >= 15 is 0 Å². The topological polar surface area (TPSA) is 41.1 Å². The number of carbonyl (C=O) groups is 1. The Labute approximate surface area is 107 Å². The third kappa shape index (κ3) is 6.06. The van der Waals surface area contributed by atoms with Crippen molar-refractivity contribution in [2.75, 3.05) is 6.54 Å². The predicted molar refractivity (Wildman–Crippen MR) is 74.0 cm³/mol. The molecule has 1 amide bonds. The van der Waals surface area contributed by atoms with Crippen LogP contribution in [0.15, 0.2) is 0 Å². The molecule has 0 aliphatic heterocycles. The second-order valence-corrected chi connectivity index (χ2v) is 5.64. The first-order valence-corrected chi connectivity index (χ1v) is 6.91. The highest BCUT2D eigenvalue weighted by atomic mass is 16.2. The molecule has 0 heterocycles. The van der Waals surface area contributed by atoms with E-state index in [4.69, 9.17) is 0 Å². The van der Waals surface area contributed by atoms with Gasteiger partial charge in [-0.25, -0.2) is 0 Å². The van der Waals surface area contributed by atoms with E-state index in [9.17, 15) is 4.79 Å². The van der Waals surface area contributed by atoms with Gasteiger partial charge in [-0.3, -0.25) is 4.79 Å². The molecular formula is C14H30N2O. The summed E-state index contributed by atoms with van der Waals surface area (Å²) in [6.45, 7) is 13.4. The molecule has 0 aromatic carbocycles. The smallest absolute Gasteiger partial charge is 0.240 e. The van der Waals surface area contributed by atoms with E-state index < -0.39 is 5.54 Å². The van der Waals surface area contributed by atoms with Gasteiger partial charge in [0, 0.05) is 12.6 Å². The molecule has 0 saturated heterocycles. The number of amides is 1. The van der Waals surface area contributed by atoms with E-state index in [0.29, 0.717) is 12.0 Å². The summed E-state index contributed by atoms with van der Waals surface area (Å²) in [4.78, 5) is 12.2. The fourth-order valence-corrected chi connectivity index (χ4v) is 2.11. The van der Waals surface area contributed by atoms with Crippen LogP contribution in [0.5, 0.6) is 0 Å². The Morgan fingerprint density at radius 3 is 2.24 bits per heavy atom. The number of carbonyl (C=O) groups excluding carboxylic acids is 1. The van der Waals surface area contributed by atoms with E-state index in [2.05, 4.69) is 45.3 Å². The molecule has 0 rings (SSSR count). The van der Waals surface area contributed by atoms with Crippen molar-refractivity contribution in [1.82, 2.24) is 10.6 Å². The third-order valence-corrected chi connectivity index (χ3v) is 3.03. The molecule has 0 saturated carbocycles. The lowest BCUT2D eigenvalue weighted by Crippen LogP contribution is -2.58. The average molecular weight is 242 g/mol. The van der Waals surface area contributed by atoms with Crippen molar-refractivity contribution in [2.45, 2.75) is 72.4 Å². The van der Waals surface area contributed by atoms with Crippen LogP contribution in [0.1, 0.15) is 60.8 Å². The summed E-state index contributed by atoms with van der Waals surface area (Å²) in [7, 11) is 0. The molecule has 3 nitrogen and oxygen atoms in total. The lowest BCUT2D eigenvalue weighted by molar-refractivity contribution is -0.128. The first kappa shape index (κ1) is 16.4. The zero-order chi connectivity index (χ0) is 13.5. The van der Waals surface area contributed by atoms with Crippen LogP contribution in [0.4, 0.5) is 0 Å². The molecule has 0 aromatic rings. The second-order valence-electron chi connectivity index (χ2n) is 5.64. The van der Waals surface area contributed by atoms with E-state index in [0.717, 1.165) is 25.8 Å². The molecule has 0 aromatic heterocycles. The number of hydrogen-bond donors (Lipinski definition) is 2. The van der Waals surface area contributed by atoms with Crippen LogP contribution < -0.4 is 10.6 Å². The summed E-state index contributed by atoms with van der Waals surface area (Å²) in [6.07, 6.45) is 2.88. The van der Waals surface area contributed by atoms with Crippen molar-refractivity contribution in [2.24, 2.45) is 5.92 Å². The standard InChI is InChI=1S/C14H30N2O/c1-7-9-15-13(17)14(6,10-11(3)4)16-12(5)8-2/h11-12,16H,7-10H2,1-6H3,(H,15,17). The number of rotatable bonds is 8. The molecule has 102 valence electrons. The minimum Gasteiger partial charge on any atom is -0.355 e. The van der Waals surface area contributed by atoms with Crippen molar-refractivity contribution < 1.29 is 4.79 Å². The lowest BCUT2D eigenvalue weighted by Gasteiger charge is -2.34. The van der Waals surface area contributed by atoms with E-state index in [1.54, 1.807) is 0 Å². The summed E-state index contributed by atoms with van der Waals surface area (Å²) in [5, 5.41) is 6.48. The van der Waals surface area contributed by atoms with Crippen LogP contribution in [0, 0.1) is 5.92 Å². The Balaban J connectivity index is 4.63.